The van der Waals surface area contributed by atoms with Gasteiger partial charge in [0.05, 0.1) is 16.6 Å². The summed E-state index contributed by atoms with van der Waals surface area (Å²) in [5, 5.41) is -0.405. The third-order valence-corrected chi connectivity index (χ3v) is 4.23. The van der Waals surface area contributed by atoms with Crippen LogP contribution in [0.2, 0.25) is 0 Å². The van der Waals surface area contributed by atoms with Crippen molar-refractivity contribution in [2.75, 3.05) is 0 Å². The Hall–Kier alpha value is -1.21. The molecule has 1 heterocycles. The van der Waals surface area contributed by atoms with Crippen LogP contribution in [-0.2, 0) is 0 Å². The molecule has 2 aromatic carbocycles. The van der Waals surface area contributed by atoms with Gasteiger partial charge in [-0.2, -0.15) is 0 Å². The molecule has 2 nitrogen and oxygen atoms in total. The lowest BCUT2D eigenvalue weighted by atomic mass is 10.2. The first-order chi connectivity index (χ1) is 9.99. The van der Waals surface area contributed by atoms with Gasteiger partial charge in [0.1, 0.15) is 17.2 Å². The second-order valence-corrected chi connectivity index (χ2v) is 6.44. The highest BCUT2D eigenvalue weighted by Gasteiger charge is 2.19. The van der Waals surface area contributed by atoms with Crippen LogP contribution in [0.5, 0.6) is 0 Å². The number of imidazole rings is 1. The summed E-state index contributed by atoms with van der Waals surface area (Å²) in [5.41, 5.74) is 1.61. The predicted molar refractivity (Wildman–Crippen MR) is 88.0 cm³/mol. The van der Waals surface area contributed by atoms with Crippen molar-refractivity contribution in [1.82, 2.24) is 9.55 Å². The minimum absolute atomic E-state index is 0.264. The van der Waals surface area contributed by atoms with Gasteiger partial charge in [0.2, 0.25) is 0 Å². The van der Waals surface area contributed by atoms with Gasteiger partial charge in [-0.1, -0.05) is 6.07 Å². The Morgan fingerprint density at radius 2 is 2.00 bits per heavy atom. The number of benzene rings is 2. The normalized spacial score (nSPS) is 12.8. The quantitative estimate of drug-likeness (QED) is 0.413. The van der Waals surface area contributed by atoms with E-state index in [2.05, 4.69) is 4.98 Å². The van der Waals surface area contributed by atoms with E-state index in [1.807, 2.05) is 22.6 Å². The summed E-state index contributed by atoms with van der Waals surface area (Å²) in [5.74, 6) is -0.192. The number of rotatable bonds is 2. The molecule has 0 saturated heterocycles. The summed E-state index contributed by atoms with van der Waals surface area (Å²) in [4.78, 5) is 4.31. The molecule has 0 radical (unpaired) electrons. The van der Waals surface area contributed by atoms with E-state index in [1.54, 1.807) is 29.7 Å². The van der Waals surface area contributed by atoms with Crippen LogP contribution in [0.25, 0.3) is 16.7 Å². The molecule has 0 fully saturated rings. The molecule has 3 rings (SSSR count). The first-order valence-corrected chi connectivity index (χ1v) is 7.77. The van der Waals surface area contributed by atoms with Crippen molar-refractivity contribution in [1.29, 1.82) is 0 Å². The van der Waals surface area contributed by atoms with Gasteiger partial charge < -0.3 is 0 Å². The van der Waals surface area contributed by atoms with Crippen molar-refractivity contribution in [2.24, 2.45) is 0 Å². The lowest BCUT2D eigenvalue weighted by molar-refractivity contribution is 0.626. The van der Waals surface area contributed by atoms with Crippen LogP contribution in [0.1, 0.15) is 18.1 Å². The first kappa shape index (κ1) is 14.7. The second kappa shape index (κ2) is 5.53. The van der Waals surface area contributed by atoms with Crippen molar-refractivity contribution in [3.8, 4) is 5.69 Å². The summed E-state index contributed by atoms with van der Waals surface area (Å²) in [7, 11) is 0. The molecule has 1 unspecified atom stereocenters. The van der Waals surface area contributed by atoms with Crippen LogP contribution < -0.4 is 0 Å². The Morgan fingerprint density at radius 1 is 1.24 bits per heavy atom. The van der Waals surface area contributed by atoms with Gasteiger partial charge in [0.15, 0.2) is 5.82 Å². The topological polar surface area (TPSA) is 17.8 Å². The van der Waals surface area contributed by atoms with Crippen LogP contribution in [0, 0.1) is 15.2 Å². The lowest BCUT2D eigenvalue weighted by Crippen LogP contribution is -2.04. The fourth-order valence-corrected chi connectivity index (χ4v) is 3.13. The number of fused-ring (bicyclic) bond motifs is 1. The molecule has 21 heavy (non-hydrogen) atoms. The SMILES string of the molecule is CC(Cl)c1nc2c(F)cccc2n1-c1ccc(F)cc1I. The molecule has 0 aliphatic heterocycles. The monoisotopic (exact) mass is 418 g/mol. The lowest BCUT2D eigenvalue weighted by Gasteiger charge is -2.12. The average molecular weight is 419 g/mol. The highest BCUT2D eigenvalue weighted by molar-refractivity contribution is 14.1. The zero-order chi connectivity index (χ0) is 15.1. The van der Waals surface area contributed by atoms with Crippen LogP contribution in [-0.4, -0.2) is 9.55 Å². The highest BCUT2D eigenvalue weighted by Crippen LogP contribution is 2.31. The standard InChI is InChI=1S/C15H10ClF2IN2/c1-8(16)15-20-14-10(18)3-2-4-13(14)21(15)12-6-5-9(17)7-11(12)19/h2-8H,1H3. The Bertz CT molecular complexity index is 830. The number of alkyl halides is 1. The van der Waals surface area contributed by atoms with Crippen molar-refractivity contribution in [2.45, 2.75) is 12.3 Å². The fraction of sp³-hybridized carbons (Fsp3) is 0.133. The van der Waals surface area contributed by atoms with Crippen molar-refractivity contribution < 1.29 is 8.78 Å². The number of aromatic nitrogens is 2. The zero-order valence-electron chi connectivity index (χ0n) is 10.9. The molecular formula is C15H10ClF2IN2. The highest BCUT2D eigenvalue weighted by atomic mass is 127. The summed E-state index contributed by atoms with van der Waals surface area (Å²) in [6, 6.07) is 9.18. The van der Waals surface area contributed by atoms with Crippen LogP contribution >= 0.6 is 34.2 Å². The molecule has 0 amide bonds. The maximum absolute atomic E-state index is 13.9. The molecule has 0 N–H and O–H groups in total. The molecule has 0 saturated carbocycles. The predicted octanol–water partition coefficient (Wildman–Crippen LogP) is 5.21. The number of nitrogens with zero attached hydrogens (tertiary/aromatic N) is 2. The minimum Gasteiger partial charge on any atom is -0.294 e. The van der Waals surface area contributed by atoms with Gasteiger partial charge in [-0.05, 0) is 59.8 Å². The smallest absolute Gasteiger partial charge is 0.151 e. The van der Waals surface area contributed by atoms with E-state index in [1.165, 1.54) is 18.2 Å². The molecule has 1 aromatic heterocycles. The third kappa shape index (κ3) is 2.53. The Balaban J connectivity index is 2.39. The Kier molecular flexibility index (Phi) is 3.88. The van der Waals surface area contributed by atoms with Gasteiger partial charge in [0.25, 0.3) is 0 Å². The van der Waals surface area contributed by atoms with Crippen LogP contribution in [0.15, 0.2) is 36.4 Å². The largest absolute Gasteiger partial charge is 0.294 e. The minimum atomic E-state index is -0.405. The summed E-state index contributed by atoms with van der Waals surface area (Å²) in [6.45, 7) is 1.77. The number of hydrogen-bond acceptors (Lipinski definition) is 1. The Morgan fingerprint density at radius 3 is 2.67 bits per heavy atom. The molecule has 0 spiro atoms. The van der Waals surface area contributed by atoms with Crippen molar-refractivity contribution >= 4 is 45.2 Å². The zero-order valence-corrected chi connectivity index (χ0v) is 13.9. The number of halogens is 4. The Labute approximate surface area is 138 Å². The van der Waals surface area contributed by atoms with Crippen LogP contribution in [0.3, 0.4) is 0 Å². The molecule has 0 aliphatic rings. The fourth-order valence-electron chi connectivity index (χ4n) is 2.27. The molecule has 1 atom stereocenters. The summed E-state index contributed by atoms with van der Waals surface area (Å²) < 4.78 is 29.7. The average Bonchev–Trinajstić information content (AvgIpc) is 2.80. The molecule has 0 aliphatic carbocycles. The summed E-state index contributed by atoms with van der Waals surface area (Å²) >= 11 is 8.23. The van der Waals surface area contributed by atoms with Gasteiger partial charge in [0, 0.05) is 3.57 Å². The molecule has 3 aromatic rings. The van der Waals surface area contributed by atoms with Crippen molar-refractivity contribution in [3.63, 3.8) is 0 Å². The van der Waals surface area contributed by atoms with E-state index in [0.717, 1.165) is 5.69 Å². The molecule has 6 heteroatoms. The van der Waals surface area contributed by atoms with Crippen LogP contribution in [0.4, 0.5) is 8.78 Å². The second-order valence-electron chi connectivity index (χ2n) is 4.62. The van der Waals surface area contributed by atoms with Gasteiger partial charge in [-0.15, -0.1) is 11.6 Å². The molecule has 108 valence electrons. The van der Waals surface area contributed by atoms with E-state index in [0.29, 0.717) is 14.9 Å². The number of para-hydroxylation sites is 1. The first-order valence-electron chi connectivity index (χ1n) is 6.25. The van der Waals surface area contributed by atoms with Gasteiger partial charge >= 0.3 is 0 Å². The molecule has 0 bridgehead atoms. The van der Waals surface area contributed by atoms with E-state index in [4.69, 9.17) is 11.6 Å². The summed E-state index contributed by atoms with van der Waals surface area (Å²) in [6.07, 6.45) is 0. The van der Waals surface area contributed by atoms with E-state index in [-0.39, 0.29) is 11.3 Å². The van der Waals surface area contributed by atoms with E-state index >= 15 is 0 Å². The third-order valence-electron chi connectivity index (χ3n) is 3.17. The van der Waals surface area contributed by atoms with E-state index in [9.17, 15) is 8.78 Å². The van der Waals surface area contributed by atoms with Gasteiger partial charge in [-0.25, -0.2) is 13.8 Å². The molecular weight excluding hydrogens is 409 g/mol. The van der Waals surface area contributed by atoms with E-state index < -0.39 is 11.2 Å². The maximum Gasteiger partial charge on any atom is 0.151 e. The maximum atomic E-state index is 13.9. The van der Waals surface area contributed by atoms with Crippen molar-refractivity contribution in [3.05, 3.63) is 57.4 Å². The number of hydrogen-bond donors (Lipinski definition) is 0. The van der Waals surface area contributed by atoms with Gasteiger partial charge in [-0.3, -0.25) is 4.57 Å².